The molecule has 0 spiro atoms. The molecular weight excluding hydrogens is 304 g/mol. The molecule has 0 bridgehead atoms. The Kier molecular flexibility index (Phi) is 7.65. The molecule has 2 rings (SSSR count). The molecule has 1 aliphatic rings. The lowest BCUT2D eigenvalue weighted by Crippen LogP contribution is -2.45. The van der Waals surface area contributed by atoms with Crippen LogP contribution in [0.15, 0.2) is 24.3 Å². The smallest absolute Gasteiger partial charge is 0.223 e. The van der Waals surface area contributed by atoms with Gasteiger partial charge in [0.25, 0.3) is 0 Å². The van der Waals surface area contributed by atoms with Crippen LogP contribution in [0.4, 0.5) is 0 Å². The highest BCUT2D eigenvalue weighted by atomic mass is 35.5. The summed E-state index contributed by atoms with van der Waals surface area (Å²) in [5.74, 6) is 0.828. The fraction of sp³-hybridized carbons (Fsp3) is 0.562. The number of benzene rings is 1. The highest BCUT2D eigenvalue weighted by Crippen LogP contribution is 2.15. The first kappa shape index (κ1) is 18.7. The van der Waals surface area contributed by atoms with Gasteiger partial charge < -0.3 is 20.1 Å². The Morgan fingerprint density at radius 2 is 2.00 bits per heavy atom. The van der Waals surface area contributed by atoms with Crippen molar-refractivity contribution in [2.75, 3.05) is 27.3 Å². The van der Waals surface area contributed by atoms with Gasteiger partial charge in [0.15, 0.2) is 0 Å². The molecule has 1 aromatic carbocycles. The van der Waals surface area contributed by atoms with E-state index in [4.69, 9.17) is 9.47 Å². The standard InChI is InChI=1S/C16H24N2O3.ClH/c1-11(8-12-4-6-13(20-2)7-5-12)16(19)18-14-9-17-10-15(14)21-3;/h4-7,11,14-15,17H,8-10H2,1-3H3,(H,18,19);1H/t11?,14?,15-;/m0./s1. The summed E-state index contributed by atoms with van der Waals surface area (Å²) >= 11 is 0. The number of nitrogens with one attached hydrogen (secondary N) is 2. The van der Waals surface area contributed by atoms with Gasteiger partial charge in [0.1, 0.15) is 5.75 Å². The van der Waals surface area contributed by atoms with Gasteiger partial charge in [-0.3, -0.25) is 4.79 Å². The second kappa shape index (κ2) is 8.98. The van der Waals surface area contributed by atoms with Crippen molar-refractivity contribution < 1.29 is 14.3 Å². The average molecular weight is 329 g/mol. The third kappa shape index (κ3) is 4.87. The van der Waals surface area contributed by atoms with Crippen LogP contribution in [-0.4, -0.2) is 45.4 Å². The molecule has 2 N–H and O–H groups in total. The molecule has 1 aromatic rings. The van der Waals surface area contributed by atoms with E-state index in [0.717, 1.165) is 24.4 Å². The molecule has 0 aromatic heterocycles. The van der Waals surface area contributed by atoms with E-state index < -0.39 is 0 Å². The highest BCUT2D eigenvalue weighted by Gasteiger charge is 2.29. The summed E-state index contributed by atoms with van der Waals surface area (Å²) in [6.07, 6.45) is 0.773. The number of hydrogen-bond donors (Lipinski definition) is 2. The molecule has 1 fully saturated rings. The Labute approximate surface area is 138 Å². The lowest BCUT2D eigenvalue weighted by Gasteiger charge is -2.21. The molecule has 5 nitrogen and oxygen atoms in total. The van der Waals surface area contributed by atoms with Gasteiger partial charge in [-0.15, -0.1) is 12.4 Å². The van der Waals surface area contributed by atoms with E-state index in [0.29, 0.717) is 6.42 Å². The molecule has 6 heteroatoms. The van der Waals surface area contributed by atoms with Crippen LogP contribution in [0.3, 0.4) is 0 Å². The van der Waals surface area contributed by atoms with Gasteiger partial charge >= 0.3 is 0 Å². The van der Waals surface area contributed by atoms with Crippen LogP contribution >= 0.6 is 12.4 Å². The largest absolute Gasteiger partial charge is 0.497 e. The Bertz CT molecular complexity index is 467. The average Bonchev–Trinajstić information content (AvgIpc) is 2.95. The van der Waals surface area contributed by atoms with Gasteiger partial charge in [-0.2, -0.15) is 0 Å². The molecule has 1 heterocycles. The number of carbonyl (C=O) groups excluding carboxylic acids is 1. The maximum absolute atomic E-state index is 12.3. The van der Waals surface area contributed by atoms with Crippen molar-refractivity contribution in [3.63, 3.8) is 0 Å². The van der Waals surface area contributed by atoms with E-state index in [9.17, 15) is 4.79 Å². The van der Waals surface area contributed by atoms with E-state index in [1.165, 1.54) is 0 Å². The summed E-state index contributed by atoms with van der Waals surface area (Å²) < 4.78 is 10.5. The van der Waals surface area contributed by atoms with E-state index in [2.05, 4.69) is 10.6 Å². The van der Waals surface area contributed by atoms with Gasteiger partial charge in [-0.05, 0) is 24.1 Å². The van der Waals surface area contributed by atoms with E-state index in [-0.39, 0.29) is 36.4 Å². The molecule has 0 aliphatic carbocycles. The maximum atomic E-state index is 12.3. The molecule has 1 aliphatic heterocycles. The summed E-state index contributed by atoms with van der Waals surface area (Å²) in [5, 5.41) is 6.30. The van der Waals surface area contributed by atoms with Crippen LogP contribution in [0.1, 0.15) is 12.5 Å². The third-order valence-electron chi connectivity index (χ3n) is 3.94. The molecule has 22 heavy (non-hydrogen) atoms. The van der Waals surface area contributed by atoms with Crippen LogP contribution in [0.5, 0.6) is 5.75 Å². The molecule has 124 valence electrons. The number of hydrogen-bond acceptors (Lipinski definition) is 4. The molecular formula is C16H25ClN2O3. The maximum Gasteiger partial charge on any atom is 0.223 e. The zero-order valence-corrected chi connectivity index (χ0v) is 14.1. The Hall–Kier alpha value is -1.30. The quantitative estimate of drug-likeness (QED) is 0.828. The number of ether oxygens (including phenoxy) is 2. The Morgan fingerprint density at radius 1 is 1.32 bits per heavy atom. The molecule has 2 unspecified atom stereocenters. The first-order valence-electron chi connectivity index (χ1n) is 7.31. The topological polar surface area (TPSA) is 59.6 Å². The van der Waals surface area contributed by atoms with Gasteiger partial charge in [-0.1, -0.05) is 19.1 Å². The minimum Gasteiger partial charge on any atom is -0.497 e. The van der Waals surface area contributed by atoms with Gasteiger partial charge in [-0.25, -0.2) is 0 Å². The molecule has 1 amide bonds. The Morgan fingerprint density at radius 3 is 2.59 bits per heavy atom. The second-order valence-corrected chi connectivity index (χ2v) is 5.50. The molecule has 0 saturated carbocycles. The number of amides is 1. The van der Waals surface area contributed by atoms with Crippen molar-refractivity contribution >= 4 is 18.3 Å². The predicted molar refractivity (Wildman–Crippen MR) is 88.7 cm³/mol. The summed E-state index contributed by atoms with van der Waals surface area (Å²) in [6, 6.07) is 7.89. The van der Waals surface area contributed by atoms with Crippen molar-refractivity contribution in [3.8, 4) is 5.75 Å². The summed E-state index contributed by atoms with van der Waals surface area (Å²) in [4.78, 5) is 12.3. The van der Waals surface area contributed by atoms with Crippen molar-refractivity contribution in [2.45, 2.75) is 25.5 Å². The minimum absolute atomic E-state index is 0. The Balaban J connectivity index is 0.00000242. The molecule has 0 radical (unpaired) electrons. The minimum atomic E-state index is -0.0727. The molecule has 3 atom stereocenters. The van der Waals surface area contributed by atoms with Crippen LogP contribution < -0.4 is 15.4 Å². The van der Waals surface area contributed by atoms with Gasteiger partial charge in [0.05, 0.1) is 19.3 Å². The SMILES string of the molecule is COc1ccc(CC(C)C(=O)NC2CNC[C@@H]2OC)cc1.Cl. The van der Waals surface area contributed by atoms with Crippen molar-refractivity contribution in [1.29, 1.82) is 0 Å². The van der Waals surface area contributed by atoms with Crippen molar-refractivity contribution in [2.24, 2.45) is 5.92 Å². The lowest BCUT2D eigenvalue weighted by atomic mass is 9.99. The first-order chi connectivity index (χ1) is 10.1. The van der Waals surface area contributed by atoms with Crippen molar-refractivity contribution in [1.82, 2.24) is 10.6 Å². The third-order valence-corrected chi connectivity index (χ3v) is 3.94. The van der Waals surface area contributed by atoms with E-state index >= 15 is 0 Å². The number of rotatable bonds is 6. The first-order valence-corrected chi connectivity index (χ1v) is 7.31. The van der Waals surface area contributed by atoms with Gasteiger partial charge in [0.2, 0.25) is 5.91 Å². The van der Waals surface area contributed by atoms with Crippen LogP contribution in [0, 0.1) is 5.92 Å². The molecule has 1 saturated heterocycles. The van der Waals surface area contributed by atoms with E-state index in [1.807, 2.05) is 31.2 Å². The monoisotopic (exact) mass is 328 g/mol. The zero-order chi connectivity index (χ0) is 15.2. The fourth-order valence-corrected chi connectivity index (χ4v) is 2.58. The number of methoxy groups -OCH3 is 2. The zero-order valence-electron chi connectivity index (χ0n) is 13.3. The predicted octanol–water partition coefficient (Wildman–Crippen LogP) is 1.40. The highest BCUT2D eigenvalue weighted by molar-refractivity contribution is 5.85. The van der Waals surface area contributed by atoms with E-state index in [1.54, 1.807) is 14.2 Å². The second-order valence-electron chi connectivity index (χ2n) is 5.50. The number of carbonyl (C=O) groups is 1. The number of halogens is 1. The normalized spacial score (nSPS) is 21.8. The summed E-state index contributed by atoms with van der Waals surface area (Å²) in [5.41, 5.74) is 1.13. The summed E-state index contributed by atoms with van der Waals surface area (Å²) in [6.45, 7) is 3.50. The summed E-state index contributed by atoms with van der Waals surface area (Å²) in [7, 11) is 3.32. The van der Waals surface area contributed by atoms with Crippen LogP contribution in [0.25, 0.3) is 0 Å². The fourth-order valence-electron chi connectivity index (χ4n) is 2.58. The van der Waals surface area contributed by atoms with Gasteiger partial charge in [0, 0.05) is 26.1 Å². The van der Waals surface area contributed by atoms with Crippen molar-refractivity contribution in [3.05, 3.63) is 29.8 Å². The van der Waals surface area contributed by atoms with Crippen LogP contribution in [0.2, 0.25) is 0 Å². The lowest BCUT2D eigenvalue weighted by molar-refractivity contribution is -0.125. The van der Waals surface area contributed by atoms with Crippen LogP contribution in [-0.2, 0) is 16.0 Å².